The molecule has 0 unspecified atom stereocenters. The highest BCUT2D eigenvalue weighted by molar-refractivity contribution is 4.86. The van der Waals surface area contributed by atoms with E-state index in [2.05, 4.69) is 72.6 Å². The molecule has 2 rings (SSSR count). The van der Waals surface area contributed by atoms with Crippen LogP contribution in [0.1, 0.15) is 27.7 Å². The Balaban J connectivity index is 0. The van der Waals surface area contributed by atoms with E-state index < -0.39 is 0 Å². The summed E-state index contributed by atoms with van der Waals surface area (Å²) in [5, 5.41) is 0. The summed E-state index contributed by atoms with van der Waals surface area (Å²) in [5.74, 6) is 0. The molecule has 0 aromatic rings. The normalized spacial score (nSPS) is 15.6. The first-order valence-corrected chi connectivity index (χ1v) is 6.75. The first-order valence-electron chi connectivity index (χ1n) is 6.75. The van der Waals surface area contributed by atoms with Gasteiger partial charge in [0.1, 0.15) is 0 Å². The summed E-state index contributed by atoms with van der Waals surface area (Å²) in [6, 6.07) is 0. The molecule has 0 amide bonds. The summed E-state index contributed by atoms with van der Waals surface area (Å²) >= 11 is 0. The summed E-state index contributed by atoms with van der Waals surface area (Å²) in [4.78, 5) is 8.50. The molecule has 0 spiro atoms. The van der Waals surface area contributed by atoms with Crippen molar-refractivity contribution in [2.75, 3.05) is 41.5 Å². The van der Waals surface area contributed by atoms with Gasteiger partial charge in [0.2, 0.25) is 0 Å². The molecule has 0 radical (unpaired) electrons. The molecule has 0 N–H and O–H groups in total. The molecule has 0 saturated carbocycles. The van der Waals surface area contributed by atoms with Crippen LogP contribution in [-0.2, 0) is 0 Å². The molecule has 0 aromatic carbocycles. The second-order valence-electron chi connectivity index (χ2n) is 3.91. The topological polar surface area (TPSA) is 13.0 Å². The molecule has 4 heteroatoms. The Morgan fingerprint density at radius 1 is 0.500 bits per heavy atom. The number of hydrogen-bond acceptors (Lipinski definition) is 4. The Kier molecular flexibility index (Phi) is 12.8. The van der Waals surface area contributed by atoms with Crippen LogP contribution < -0.4 is 0 Å². The van der Waals surface area contributed by atoms with Crippen molar-refractivity contribution in [3.63, 3.8) is 0 Å². The minimum Gasteiger partial charge on any atom is -0.362 e. The van der Waals surface area contributed by atoms with Crippen molar-refractivity contribution in [3.8, 4) is 0 Å². The molecule has 0 bridgehead atoms. The maximum Gasteiger partial charge on any atom is 0.0887 e. The zero-order valence-corrected chi connectivity index (χ0v) is 13.5. The fourth-order valence-corrected chi connectivity index (χ4v) is 1.35. The lowest BCUT2D eigenvalue weighted by atomic mass is 10.9. The molecule has 0 saturated heterocycles. The maximum absolute atomic E-state index is 2.12. The molecule has 0 aliphatic carbocycles. The van der Waals surface area contributed by atoms with E-state index in [1.807, 2.05) is 27.7 Å². The molecule has 2 aliphatic heterocycles. The second-order valence-corrected chi connectivity index (χ2v) is 3.91. The third kappa shape index (κ3) is 9.87. The van der Waals surface area contributed by atoms with E-state index >= 15 is 0 Å². The lowest BCUT2D eigenvalue weighted by Gasteiger charge is -2.10. The fraction of sp³-hybridized carbons (Fsp3) is 0.714. The van der Waals surface area contributed by atoms with Gasteiger partial charge in [-0.1, -0.05) is 27.7 Å². The summed E-state index contributed by atoms with van der Waals surface area (Å²) in [6.07, 6.45) is 8.22. The van der Waals surface area contributed by atoms with Crippen molar-refractivity contribution in [3.05, 3.63) is 24.8 Å². The summed E-state index contributed by atoms with van der Waals surface area (Å²) in [6.45, 7) is 10.1. The second kappa shape index (κ2) is 12.1. The first kappa shape index (κ1) is 19.0. The van der Waals surface area contributed by atoms with Crippen LogP contribution in [0, 0.1) is 0 Å². The standard InChI is InChI=1S/2C5H10N2.2C2H6/c2*1-6-3-4-7(2)5-6;2*1-2/h2*3-4H,5H2,1-2H3;2*1-2H3. The highest BCUT2D eigenvalue weighted by atomic mass is 15.3. The predicted octanol–water partition coefficient (Wildman–Crippen LogP) is 2.64. The minimum absolute atomic E-state index is 1.03. The first-order chi connectivity index (χ1) is 8.58. The van der Waals surface area contributed by atoms with Gasteiger partial charge in [0.25, 0.3) is 0 Å². The predicted molar refractivity (Wildman–Crippen MR) is 81.8 cm³/mol. The van der Waals surface area contributed by atoms with Gasteiger partial charge >= 0.3 is 0 Å². The van der Waals surface area contributed by atoms with Gasteiger partial charge in [-0.15, -0.1) is 0 Å². The van der Waals surface area contributed by atoms with Crippen molar-refractivity contribution < 1.29 is 0 Å². The van der Waals surface area contributed by atoms with Crippen molar-refractivity contribution in [1.29, 1.82) is 0 Å². The molecule has 0 fully saturated rings. The highest BCUT2D eigenvalue weighted by Gasteiger charge is 2.00. The van der Waals surface area contributed by atoms with Crippen LogP contribution in [0.15, 0.2) is 24.8 Å². The third-order valence-corrected chi connectivity index (χ3v) is 2.04. The van der Waals surface area contributed by atoms with Crippen LogP contribution in [0.2, 0.25) is 0 Å². The Morgan fingerprint density at radius 2 is 0.667 bits per heavy atom. The monoisotopic (exact) mass is 256 g/mol. The van der Waals surface area contributed by atoms with E-state index in [9.17, 15) is 0 Å². The number of nitrogens with zero attached hydrogens (tertiary/aromatic N) is 4. The van der Waals surface area contributed by atoms with E-state index in [0.29, 0.717) is 0 Å². The number of rotatable bonds is 0. The Bertz CT molecular complexity index is 182. The lowest BCUT2D eigenvalue weighted by molar-refractivity contribution is 0.340. The van der Waals surface area contributed by atoms with Crippen molar-refractivity contribution in [1.82, 2.24) is 19.6 Å². The van der Waals surface area contributed by atoms with E-state index in [0.717, 1.165) is 13.3 Å². The van der Waals surface area contributed by atoms with Gasteiger partial charge in [0.15, 0.2) is 0 Å². The van der Waals surface area contributed by atoms with Gasteiger partial charge in [0, 0.05) is 53.0 Å². The molecular weight excluding hydrogens is 224 g/mol. The van der Waals surface area contributed by atoms with Crippen molar-refractivity contribution in [2.24, 2.45) is 0 Å². The van der Waals surface area contributed by atoms with Crippen molar-refractivity contribution in [2.45, 2.75) is 27.7 Å². The molecule has 0 aromatic heterocycles. The molecule has 2 aliphatic rings. The molecular formula is C14H32N4. The molecule has 18 heavy (non-hydrogen) atoms. The smallest absolute Gasteiger partial charge is 0.0887 e. The largest absolute Gasteiger partial charge is 0.362 e. The van der Waals surface area contributed by atoms with Crippen LogP contribution >= 0.6 is 0 Å². The summed E-state index contributed by atoms with van der Waals surface area (Å²) in [5.41, 5.74) is 0. The van der Waals surface area contributed by atoms with Crippen LogP contribution in [-0.4, -0.2) is 61.1 Å². The van der Waals surface area contributed by atoms with Crippen molar-refractivity contribution >= 4 is 0 Å². The summed E-state index contributed by atoms with van der Waals surface area (Å²) < 4.78 is 0. The van der Waals surface area contributed by atoms with E-state index in [1.165, 1.54) is 0 Å². The molecule has 4 nitrogen and oxygen atoms in total. The van der Waals surface area contributed by atoms with Gasteiger partial charge in [-0.3, -0.25) is 0 Å². The van der Waals surface area contributed by atoms with Gasteiger partial charge in [-0.05, 0) is 0 Å². The van der Waals surface area contributed by atoms with Gasteiger partial charge < -0.3 is 19.6 Å². The van der Waals surface area contributed by atoms with Gasteiger partial charge in [-0.25, -0.2) is 0 Å². The Morgan fingerprint density at radius 3 is 0.722 bits per heavy atom. The Labute approximate surface area is 114 Å². The summed E-state index contributed by atoms with van der Waals surface area (Å²) in [7, 11) is 8.22. The van der Waals surface area contributed by atoms with Crippen LogP contribution in [0.5, 0.6) is 0 Å². The average molecular weight is 256 g/mol. The highest BCUT2D eigenvalue weighted by Crippen LogP contribution is 1.98. The lowest BCUT2D eigenvalue weighted by Crippen LogP contribution is -2.17. The third-order valence-electron chi connectivity index (χ3n) is 2.04. The number of hydrogen-bond donors (Lipinski definition) is 0. The maximum atomic E-state index is 2.12. The van der Waals surface area contributed by atoms with Gasteiger partial charge in [0.05, 0.1) is 13.3 Å². The van der Waals surface area contributed by atoms with Gasteiger partial charge in [-0.2, -0.15) is 0 Å². The molecule has 0 atom stereocenters. The Hall–Kier alpha value is -1.32. The van der Waals surface area contributed by atoms with E-state index in [1.54, 1.807) is 0 Å². The van der Waals surface area contributed by atoms with Crippen LogP contribution in [0.25, 0.3) is 0 Å². The quantitative estimate of drug-likeness (QED) is 0.660. The van der Waals surface area contributed by atoms with E-state index in [4.69, 9.17) is 0 Å². The molecule has 2 heterocycles. The fourth-order valence-electron chi connectivity index (χ4n) is 1.35. The SMILES string of the molecule is CC.CC.CN1C=CN(C)C1.CN1C=CN(C)C1. The van der Waals surface area contributed by atoms with Crippen LogP contribution in [0.4, 0.5) is 0 Å². The zero-order chi connectivity index (χ0) is 14.6. The zero-order valence-electron chi connectivity index (χ0n) is 13.5. The van der Waals surface area contributed by atoms with Crippen LogP contribution in [0.3, 0.4) is 0 Å². The average Bonchev–Trinajstić information content (AvgIpc) is 2.93. The minimum atomic E-state index is 1.03. The molecule has 108 valence electrons. The van der Waals surface area contributed by atoms with E-state index in [-0.39, 0.29) is 0 Å².